The Balaban J connectivity index is 1.70. The van der Waals surface area contributed by atoms with E-state index in [-0.39, 0.29) is 12.5 Å². The fourth-order valence-corrected chi connectivity index (χ4v) is 3.01. The Morgan fingerprint density at radius 1 is 1.15 bits per heavy atom. The van der Waals surface area contributed by atoms with Crippen LogP contribution in [0.4, 0.5) is 0 Å². The minimum absolute atomic E-state index is 0.156. The van der Waals surface area contributed by atoms with E-state index in [2.05, 4.69) is 10.4 Å². The number of hydrogen-bond donors (Lipinski definition) is 2. The third kappa shape index (κ3) is 4.00. The van der Waals surface area contributed by atoms with Crippen molar-refractivity contribution in [3.63, 3.8) is 0 Å². The Morgan fingerprint density at radius 2 is 1.85 bits per heavy atom. The summed E-state index contributed by atoms with van der Waals surface area (Å²) in [4.78, 5) is 12.6. The summed E-state index contributed by atoms with van der Waals surface area (Å²) in [6, 6.07) is 17.6. The standard InChI is InChI=1S/C21H23N3O2/c1-15-8-6-7-11-17(15)20(25)14-22-21(26)18-13-23-24(2)19(18)12-16-9-4-3-5-10-16/h3-11,13,20,25H,12,14H2,1-2H3,(H,22,26). The molecular formula is C21H23N3O2. The molecule has 0 radical (unpaired) electrons. The number of nitrogens with one attached hydrogen (secondary N) is 1. The fourth-order valence-electron chi connectivity index (χ4n) is 3.01. The Morgan fingerprint density at radius 3 is 2.58 bits per heavy atom. The molecule has 26 heavy (non-hydrogen) atoms. The zero-order valence-electron chi connectivity index (χ0n) is 15.0. The monoisotopic (exact) mass is 349 g/mol. The number of hydrogen-bond acceptors (Lipinski definition) is 3. The number of nitrogens with zero attached hydrogens (tertiary/aromatic N) is 2. The molecule has 134 valence electrons. The number of amides is 1. The molecule has 3 rings (SSSR count). The molecule has 0 aliphatic heterocycles. The third-order valence-corrected chi connectivity index (χ3v) is 4.52. The first-order valence-electron chi connectivity index (χ1n) is 8.63. The van der Waals surface area contributed by atoms with Gasteiger partial charge in [0.15, 0.2) is 0 Å². The number of rotatable bonds is 6. The first-order valence-corrected chi connectivity index (χ1v) is 8.63. The second-order valence-corrected chi connectivity index (χ2v) is 6.37. The van der Waals surface area contributed by atoms with Gasteiger partial charge in [0.2, 0.25) is 0 Å². The minimum atomic E-state index is -0.741. The van der Waals surface area contributed by atoms with E-state index in [4.69, 9.17) is 0 Å². The molecule has 0 spiro atoms. The molecule has 0 bridgehead atoms. The maximum atomic E-state index is 12.6. The van der Waals surface area contributed by atoms with Crippen molar-refractivity contribution in [2.75, 3.05) is 6.54 Å². The van der Waals surface area contributed by atoms with Gasteiger partial charge in [-0.15, -0.1) is 0 Å². The number of benzene rings is 2. The van der Waals surface area contributed by atoms with Crippen molar-refractivity contribution in [1.29, 1.82) is 0 Å². The van der Waals surface area contributed by atoms with Gasteiger partial charge < -0.3 is 10.4 Å². The van der Waals surface area contributed by atoms with Crippen LogP contribution in [-0.2, 0) is 13.5 Å². The normalized spacial score (nSPS) is 12.0. The highest BCUT2D eigenvalue weighted by Gasteiger charge is 2.18. The summed E-state index contributed by atoms with van der Waals surface area (Å²) < 4.78 is 1.72. The molecule has 0 aliphatic rings. The van der Waals surface area contributed by atoms with Crippen LogP contribution in [0, 0.1) is 6.92 Å². The predicted octanol–water partition coefficient (Wildman–Crippen LogP) is 2.78. The van der Waals surface area contributed by atoms with Crippen molar-refractivity contribution in [3.05, 3.63) is 88.7 Å². The molecule has 1 heterocycles. The first kappa shape index (κ1) is 17.9. The average molecular weight is 349 g/mol. The summed E-state index contributed by atoms with van der Waals surface area (Å²) in [5, 5.41) is 17.4. The van der Waals surface area contributed by atoms with Crippen molar-refractivity contribution >= 4 is 5.91 Å². The highest BCUT2D eigenvalue weighted by molar-refractivity contribution is 5.95. The smallest absolute Gasteiger partial charge is 0.254 e. The summed E-state index contributed by atoms with van der Waals surface area (Å²) in [5.41, 5.74) is 4.32. The van der Waals surface area contributed by atoms with E-state index in [9.17, 15) is 9.90 Å². The highest BCUT2D eigenvalue weighted by atomic mass is 16.3. The number of aromatic nitrogens is 2. The van der Waals surface area contributed by atoms with Gasteiger partial charge in [0.1, 0.15) is 0 Å². The molecule has 0 saturated heterocycles. The zero-order chi connectivity index (χ0) is 18.5. The van der Waals surface area contributed by atoms with Crippen molar-refractivity contribution in [2.24, 2.45) is 7.05 Å². The van der Waals surface area contributed by atoms with E-state index >= 15 is 0 Å². The summed E-state index contributed by atoms with van der Waals surface area (Å²) in [6.45, 7) is 2.10. The molecule has 5 nitrogen and oxygen atoms in total. The summed E-state index contributed by atoms with van der Waals surface area (Å²) in [6.07, 6.45) is 1.46. The van der Waals surface area contributed by atoms with Crippen molar-refractivity contribution < 1.29 is 9.90 Å². The van der Waals surface area contributed by atoms with Crippen LogP contribution in [0.5, 0.6) is 0 Å². The van der Waals surface area contributed by atoms with Crippen LogP contribution in [0.15, 0.2) is 60.8 Å². The van der Waals surface area contributed by atoms with Crippen LogP contribution in [0.2, 0.25) is 0 Å². The van der Waals surface area contributed by atoms with E-state index in [1.54, 1.807) is 10.9 Å². The average Bonchev–Trinajstić information content (AvgIpc) is 3.01. The highest BCUT2D eigenvalue weighted by Crippen LogP contribution is 2.17. The third-order valence-electron chi connectivity index (χ3n) is 4.52. The first-order chi connectivity index (χ1) is 12.6. The van der Waals surface area contributed by atoms with Gasteiger partial charge in [-0.2, -0.15) is 5.10 Å². The Labute approximate surface area is 153 Å². The van der Waals surface area contributed by atoms with Crippen LogP contribution in [0.1, 0.15) is 38.8 Å². The van der Waals surface area contributed by atoms with Crippen LogP contribution >= 0.6 is 0 Å². The van der Waals surface area contributed by atoms with E-state index < -0.39 is 6.10 Å². The molecule has 0 aliphatic carbocycles. The summed E-state index contributed by atoms with van der Waals surface area (Å²) >= 11 is 0. The molecule has 2 aromatic carbocycles. The van der Waals surface area contributed by atoms with Gasteiger partial charge in [0.25, 0.3) is 5.91 Å². The Bertz CT molecular complexity index is 887. The second kappa shape index (κ2) is 7.97. The maximum absolute atomic E-state index is 12.6. The van der Waals surface area contributed by atoms with Crippen LogP contribution in [0.3, 0.4) is 0 Å². The van der Waals surface area contributed by atoms with E-state index in [1.807, 2.05) is 68.6 Å². The number of aryl methyl sites for hydroxylation is 2. The van der Waals surface area contributed by atoms with Crippen molar-refractivity contribution in [1.82, 2.24) is 15.1 Å². The number of aliphatic hydroxyl groups is 1. The maximum Gasteiger partial charge on any atom is 0.254 e. The molecule has 5 heteroatoms. The molecule has 1 amide bonds. The summed E-state index contributed by atoms with van der Waals surface area (Å²) in [7, 11) is 1.83. The molecule has 1 unspecified atom stereocenters. The van der Waals surface area contributed by atoms with E-state index in [0.717, 1.165) is 22.4 Å². The topological polar surface area (TPSA) is 67.2 Å². The van der Waals surface area contributed by atoms with Crippen molar-refractivity contribution in [3.8, 4) is 0 Å². The molecular weight excluding hydrogens is 326 g/mol. The lowest BCUT2D eigenvalue weighted by atomic mass is 10.0. The molecule has 0 saturated carbocycles. The Kier molecular flexibility index (Phi) is 5.49. The van der Waals surface area contributed by atoms with Gasteiger partial charge in [0.05, 0.1) is 23.6 Å². The van der Waals surface area contributed by atoms with Gasteiger partial charge >= 0.3 is 0 Å². The lowest BCUT2D eigenvalue weighted by Gasteiger charge is -2.14. The molecule has 2 N–H and O–H groups in total. The SMILES string of the molecule is Cc1ccccc1C(O)CNC(=O)c1cnn(C)c1Cc1ccccc1. The van der Waals surface area contributed by atoms with Gasteiger partial charge in [0, 0.05) is 20.0 Å². The van der Waals surface area contributed by atoms with Gasteiger partial charge in [-0.1, -0.05) is 54.6 Å². The quantitative estimate of drug-likeness (QED) is 0.719. The van der Waals surface area contributed by atoms with E-state index in [0.29, 0.717) is 12.0 Å². The van der Waals surface area contributed by atoms with Gasteiger partial charge in [-0.3, -0.25) is 9.48 Å². The molecule has 0 fully saturated rings. The molecule has 3 aromatic rings. The largest absolute Gasteiger partial charge is 0.387 e. The predicted molar refractivity (Wildman–Crippen MR) is 101 cm³/mol. The minimum Gasteiger partial charge on any atom is -0.387 e. The fraction of sp³-hybridized carbons (Fsp3) is 0.238. The summed E-state index contributed by atoms with van der Waals surface area (Å²) in [5.74, 6) is -0.225. The van der Waals surface area contributed by atoms with Gasteiger partial charge in [-0.05, 0) is 23.6 Å². The van der Waals surface area contributed by atoms with Crippen LogP contribution in [0.25, 0.3) is 0 Å². The zero-order valence-corrected chi connectivity index (χ0v) is 15.0. The lowest BCUT2D eigenvalue weighted by molar-refractivity contribution is 0.0915. The Hall–Kier alpha value is -2.92. The lowest BCUT2D eigenvalue weighted by Crippen LogP contribution is -2.29. The van der Waals surface area contributed by atoms with Crippen molar-refractivity contribution in [2.45, 2.75) is 19.4 Å². The number of aliphatic hydroxyl groups excluding tert-OH is 1. The van der Waals surface area contributed by atoms with E-state index in [1.165, 1.54) is 0 Å². The number of carbonyl (C=O) groups excluding carboxylic acids is 1. The number of carbonyl (C=O) groups is 1. The van der Waals surface area contributed by atoms with Crippen LogP contribution in [-0.4, -0.2) is 27.3 Å². The van der Waals surface area contributed by atoms with Gasteiger partial charge in [-0.25, -0.2) is 0 Å². The second-order valence-electron chi connectivity index (χ2n) is 6.37. The molecule has 1 aromatic heterocycles. The molecule has 1 atom stereocenters. The van der Waals surface area contributed by atoms with Crippen LogP contribution < -0.4 is 5.32 Å².